The molecule has 6 heteroatoms. The molecule has 5 nitrogen and oxygen atoms in total. The summed E-state index contributed by atoms with van der Waals surface area (Å²) in [5.74, 6) is 2.43. The van der Waals surface area contributed by atoms with E-state index in [4.69, 9.17) is 15.2 Å². The number of benzene rings is 1. The van der Waals surface area contributed by atoms with Crippen molar-refractivity contribution in [3.05, 3.63) is 18.2 Å². The highest BCUT2D eigenvalue weighted by Crippen LogP contribution is 2.34. The van der Waals surface area contributed by atoms with Crippen LogP contribution in [0.25, 0.3) is 0 Å². The van der Waals surface area contributed by atoms with E-state index in [0.29, 0.717) is 32.7 Å². The Balaban J connectivity index is 1.67. The molecule has 0 spiro atoms. The van der Waals surface area contributed by atoms with E-state index in [1.165, 1.54) is 0 Å². The average molecular weight is 310 g/mol. The highest BCUT2D eigenvalue weighted by molar-refractivity contribution is 7.99. The van der Waals surface area contributed by atoms with E-state index < -0.39 is 0 Å². The zero-order chi connectivity index (χ0) is 14.9. The van der Waals surface area contributed by atoms with Crippen molar-refractivity contribution in [2.45, 2.75) is 24.2 Å². The lowest BCUT2D eigenvalue weighted by atomic mass is 10.3. The van der Waals surface area contributed by atoms with E-state index >= 15 is 0 Å². The SMILES string of the molecule is NCCCCNC(=O)CCSc1ccc2c(c1)OCCO2. The Morgan fingerprint density at radius 3 is 2.86 bits per heavy atom. The minimum Gasteiger partial charge on any atom is -0.486 e. The van der Waals surface area contributed by atoms with Crippen LogP contribution in [-0.4, -0.2) is 38.0 Å². The van der Waals surface area contributed by atoms with E-state index in [1.54, 1.807) is 11.8 Å². The highest BCUT2D eigenvalue weighted by Gasteiger charge is 2.12. The van der Waals surface area contributed by atoms with Gasteiger partial charge in [0, 0.05) is 23.6 Å². The van der Waals surface area contributed by atoms with E-state index in [-0.39, 0.29) is 5.91 Å². The summed E-state index contributed by atoms with van der Waals surface area (Å²) in [5.41, 5.74) is 5.40. The van der Waals surface area contributed by atoms with Crippen molar-refractivity contribution in [3.63, 3.8) is 0 Å². The number of thioether (sulfide) groups is 1. The molecular formula is C15H22N2O3S. The van der Waals surface area contributed by atoms with Gasteiger partial charge in [-0.15, -0.1) is 11.8 Å². The van der Waals surface area contributed by atoms with Crippen LogP contribution in [0.4, 0.5) is 0 Å². The molecule has 0 radical (unpaired) electrons. The standard InChI is InChI=1S/C15H22N2O3S/c16-6-1-2-7-17-15(18)5-10-21-12-3-4-13-14(11-12)20-9-8-19-13/h3-4,11H,1-2,5-10,16H2,(H,17,18). The molecule has 0 aliphatic carbocycles. The van der Waals surface area contributed by atoms with Gasteiger partial charge in [-0.05, 0) is 37.6 Å². The number of hydrogen-bond acceptors (Lipinski definition) is 5. The van der Waals surface area contributed by atoms with E-state index in [9.17, 15) is 4.79 Å². The molecule has 1 heterocycles. The molecule has 0 bridgehead atoms. The Kier molecular flexibility index (Phi) is 6.69. The second-order valence-electron chi connectivity index (χ2n) is 4.75. The van der Waals surface area contributed by atoms with Gasteiger partial charge in [-0.2, -0.15) is 0 Å². The second-order valence-corrected chi connectivity index (χ2v) is 5.92. The Labute approximate surface area is 129 Å². The van der Waals surface area contributed by atoms with Gasteiger partial charge in [-0.3, -0.25) is 4.79 Å². The first-order chi connectivity index (χ1) is 10.3. The number of rotatable bonds is 8. The molecule has 1 aromatic rings. The van der Waals surface area contributed by atoms with E-state index in [2.05, 4.69) is 5.32 Å². The fraction of sp³-hybridized carbons (Fsp3) is 0.533. The maximum atomic E-state index is 11.6. The van der Waals surface area contributed by atoms with E-state index in [1.807, 2.05) is 18.2 Å². The third kappa shape index (κ3) is 5.47. The summed E-state index contributed by atoms with van der Waals surface area (Å²) in [6.07, 6.45) is 2.41. The molecule has 0 saturated heterocycles. The molecular weight excluding hydrogens is 288 g/mol. The van der Waals surface area contributed by atoms with Crippen molar-refractivity contribution < 1.29 is 14.3 Å². The number of fused-ring (bicyclic) bond motifs is 1. The molecule has 1 aromatic carbocycles. The van der Waals surface area contributed by atoms with Crippen molar-refractivity contribution in [2.75, 3.05) is 32.1 Å². The van der Waals surface area contributed by atoms with Gasteiger partial charge >= 0.3 is 0 Å². The highest BCUT2D eigenvalue weighted by atomic mass is 32.2. The van der Waals surface area contributed by atoms with Crippen molar-refractivity contribution in [1.29, 1.82) is 0 Å². The molecule has 0 unspecified atom stereocenters. The van der Waals surface area contributed by atoms with Crippen LogP contribution < -0.4 is 20.5 Å². The maximum Gasteiger partial charge on any atom is 0.220 e. The molecule has 1 aliphatic heterocycles. The summed E-state index contributed by atoms with van der Waals surface area (Å²) < 4.78 is 11.0. The molecule has 0 aromatic heterocycles. The molecule has 3 N–H and O–H groups in total. The Hall–Kier alpha value is -1.40. The molecule has 1 amide bonds. The van der Waals surface area contributed by atoms with Gasteiger partial charge in [-0.25, -0.2) is 0 Å². The van der Waals surface area contributed by atoms with Crippen molar-refractivity contribution >= 4 is 17.7 Å². The largest absolute Gasteiger partial charge is 0.486 e. The molecule has 1 aliphatic rings. The van der Waals surface area contributed by atoms with Crippen molar-refractivity contribution in [3.8, 4) is 11.5 Å². The predicted octanol–water partition coefficient (Wildman–Crippen LogP) is 1.80. The van der Waals surface area contributed by atoms with Crippen LogP contribution in [0.15, 0.2) is 23.1 Å². The minimum absolute atomic E-state index is 0.0945. The van der Waals surface area contributed by atoms with Gasteiger partial charge in [0.25, 0.3) is 0 Å². The lowest BCUT2D eigenvalue weighted by Crippen LogP contribution is -2.25. The fourth-order valence-electron chi connectivity index (χ4n) is 1.96. The van der Waals surface area contributed by atoms with Crippen LogP contribution >= 0.6 is 11.8 Å². The van der Waals surface area contributed by atoms with Crippen LogP contribution in [-0.2, 0) is 4.79 Å². The third-order valence-electron chi connectivity index (χ3n) is 3.06. The molecule has 0 fully saturated rings. The number of carbonyl (C=O) groups is 1. The third-order valence-corrected chi connectivity index (χ3v) is 4.06. The predicted molar refractivity (Wildman–Crippen MR) is 84.1 cm³/mol. The summed E-state index contributed by atoms with van der Waals surface area (Å²) in [6, 6.07) is 5.89. The molecule has 21 heavy (non-hydrogen) atoms. The molecule has 116 valence electrons. The number of ether oxygens (including phenoxy) is 2. The van der Waals surface area contributed by atoms with Crippen molar-refractivity contribution in [1.82, 2.24) is 5.32 Å². The number of amides is 1. The fourth-order valence-corrected chi connectivity index (χ4v) is 2.84. The molecule has 0 atom stereocenters. The van der Waals surface area contributed by atoms with E-state index in [0.717, 1.165) is 35.0 Å². The minimum atomic E-state index is 0.0945. The van der Waals surface area contributed by atoms with Gasteiger partial charge in [0.1, 0.15) is 13.2 Å². The second kappa shape index (κ2) is 8.79. The number of nitrogens with one attached hydrogen (secondary N) is 1. The van der Waals surface area contributed by atoms with Crippen molar-refractivity contribution in [2.24, 2.45) is 5.73 Å². The van der Waals surface area contributed by atoms with Crippen LogP contribution in [0, 0.1) is 0 Å². The van der Waals surface area contributed by atoms with Gasteiger partial charge < -0.3 is 20.5 Å². The first-order valence-electron chi connectivity index (χ1n) is 7.29. The topological polar surface area (TPSA) is 73.6 Å². The smallest absolute Gasteiger partial charge is 0.220 e. The first-order valence-corrected chi connectivity index (χ1v) is 8.27. The Morgan fingerprint density at radius 1 is 1.24 bits per heavy atom. The Bertz CT molecular complexity index is 468. The number of nitrogens with two attached hydrogens (primary N) is 1. The van der Waals surface area contributed by atoms with Gasteiger partial charge in [-0.1, -0.05) is 0 Å². The monoisotopic (exact) mass is 310 g/mol. The van der Waals surface area contributed by atoms with Gasteiger partial charge in [0.2, 0.25) is 5.91 Å². The first kappa shape index (κ1) is 16.0. The summed E-state index contributed by atoms with van der Waals surface area (Å²) in [6.45, 7) is 2.58. The summed E-state index contributed by atoms with van der Waals surface area (Å²) in [5, 5.41) is 2.90. The number of hydrogen-bond donors (Lipinski definition) is 2. The van der Waals surface area contributed by atoms with Gasteiger partial charge in [0.05, 0.1) is 0 Å². The van der Waals surface area contributed by atoms with Gasteiger partial charge in [0.15, 0.2) is 11.5 Å². The lowest BCUT2D eigenvalue weighted by molar-refractivity contribution is -0.120. The average Bonchev–Trinajstić information content (AvgIpc) is 2.51. The zero-order valence-electron chi connectivity index (χ0n) is 12.1. The van der Waals surface area contributed by atoms with Crippen LogP contribution in [0.5, 0.6) is 11.5 Å². The zero-order valence-corrected chi connectivity index (χ0v) is 12.9. The number of unbranched alkanes of at least 4 members (excludes halogenated alkanes) is 1. The summed E-state index contributed by atoms with van der Waals surface area (Å²) in [4.78, 5) is 12.7. The summed E-state index contributed by atoms with van der Waals surface area (Å²) in [7, 11) is 0. The molecule has 2 rings (SSSR count). The quantitative estimate of drug-likeness (QED) is 0.566. The lowest BCUT2D eigenvalue weighted by Gasteiger charge is -2.18. The Morgan fingerprint density at radius 2 is 2.05 bits per heavy atom. The number of carbonyl (C=O) groups excluding carboxylic acids is 1. The maximum absolute atomic E-state index is 11.6. The van der Waals surface area contributed by atoms with Crippen LogP contribution in [0.3, 0.4) is 0 Å². The summed E-state index contributed by atoms with van der Waals surface area (Å²) >= 11 is 1.65. The van der Waals surface area contributed by atoms with Crippen LogP contribution in [0.1, 0.15) is 19.3 Å². The van der Waals surface area contributed by atoms with Crippen LogP contribution in [0.2, 0.25) is 0 Å². The normalized spacial score (nSPS) is 13.0. The molecule has 0 saturated carbocycles.